The fourth-order valence-corrected chi connectivity index (χ4v) is 2.28. The van der Waals surface area contributed by atoms with Crippen LogP contribution in [0.5, 0.6) is 11.5 Å². The Bertz CT molecular complexity index is 586. The number of nitrogens with one attached hydrogen (secondary N) is 2. The summed E-state index contributed by atoms with van der Waals surface area (Å²) in [7, 11) is 4.63. The highest BCUT2D eigenvalue weighted by atomic mass is 127. The Hall–Kier alpha value is -1.43. The zero-order chi connectivity index (χ0) is 19.6. The number of ether oxygens (including phenoxy) is 2. The van der Waals surface area contributed by atoms with Crippen LogP contribution in [0.4, 0.5) is 18.9 Å². The number of methoxy groups -OCH3 is 1. The first-order chi connectivity index (χ1) is 12.3. The van der Waals surface area contributed by atoms with Gasteiger partial charge in [-0.3, -0.25) is 9.89 Å². The largest absolute Gasteiger partial charge is 0.493 e. The van der Waals surface area contributed by atoms with E-state index < -0.39 is 12.7 Å². The van der Waals surface area contributed by atoms with E-state index in [2.05, 4.69) is 15.6 Å². The van der Waals surface area contributed by atoms with Gasteiger partial charge in [0.05, 0.1) is 20.3 Å². The highest BCUT2D eigenvalue weighted by Crippen LogP contribution is 2.30. The van der Waals surface area contributed by atoms with Crippen molar-refractivity contribution in [1.29, 1.82) is 0 Å². The molecule has 0 fully saturated rings. The van der Waals surface area contributed by atoms with Crippen molar-refractivity contribution in [3.05, 3.63) is 18.2 Å². The summed E-state index contributed by atoms with van der Waals surface area (Å²) in [6.45, 7) is 2.35. The van der Waals surface area contributed by atoms with Crippen LogP contribution in [0.25, 0.3) is 0 Å². The molecule has 0 aliphatic rings. The molecule has 1 aromatic carbocycles. The fraction of sp³-hybridized carbons (Fsp3) is 0.588. The zero-order valence-electron chi connectivity index (χ0n) is 16.0. The molecule has 0 amide bonds. The lowest BCUT2D eigenvalue weighted by Crippen LogP contribution is -2.35. The van der Waals surface area contributed by atoms with Crippen LogP contribution in [0.2, 0.25) is 0 Å². The van der Waals surface area contributed by atoms with E-state index in [1.54, 1.807) is 26.3 Å². The smallest absolute Gasteiger partial charge is 0.401 e. The van der Waals surface area contributed by atoms with E-state index in [4.69, 9.17) is 9.47 Å². The number of guanidine groups is 1. The number of hydrogen-bond acceptors (Lipinski definition) is 4. The summed E-state index contributed by atoms with van der Waals surface area (Å²) in [5.41, 5.74) is 0.757. The Balaban J connectivity index is 0.00000676. The minimum absolute atomic E-state index is 0. The van der Waals surface area contributed by atoms with Crippen LogP contribution in [0, 0.1) is 0 Å². The Labute approximate surface area is 175 Å². The number of nitrogens with zero attached hydrogens (tertiary/aromatic N) is 2. The normalized spacial score (nSPS) is 11.8. The van der Waals surface area contributed by atoms with Gasteiger partial charge in [0.1, 0.15) is 0 Å². The molecule has 0 heterocycles. The first kappa shape index (κ1) is 25.6. The van der Waals surface area contributed by atoms with Gasteiger partial charge < -0.3 is 20.1 Å². The summed E-state index contributed by atoms with van der Waals surface area (Å²) in [5, 5.41) is 6.18. The summed E-state index contributed by atoms with van der Waals surface area (Å²) < 4.78 is 47.6. The summed E-state index contributed by atoms with van der Waals surface area (Å²) in [5.74, 6) is 1.77. The van der Waals surface area contributed by atoms with E-state index >= 15 is 0 Å². The molecule has 0 saturated carbocycles. The molecule has 0 aliphatic carbocycles. The maximum absolute atomic E-state index is 12.3. The van der Waals surface area contributed by atoms with E-state index in [0.717, 1.165) is 5.69 Å². The number of anilines is 1. The summed E-state index contributed by atoms with van der Waals surface area (Å²) in [6.07, 6.45) is -3.62. The number of benzene rings is 1. The monoisotopic (exact) mass is 504 g/mol. The lowest BCUT2D eigenvalue weighted by Gasteiger charge is -2.19. The predicted molar refractivity (Wildman–Crippen MR) is 113 cm³/mol. The van der Waals surface area contributed by atoms with Gasteiger partial charge in [-0.15, -0.1) is 24.0 Å². The van der Waals surface area contributed by atoms with E-state index in [9.17, 15) is 13.2 Å². The third-order valence-electron chi connectivity index (χ3n) is 3.41. The number of rotatable bonds is 9. The lowest BCUT2D eigenvalue weighted by molar-refractivity contribution is -0.143. The predicted octanol–water partition coefficient (Wildman–Crippen LogP) is 3.58. The first-order valence-corrected chi connectivity index (χ1v) is 8.32. The molecular weight excluding hydrogens is 476 g/mol. The third kappa shape index (κ3) is 10.5. The Morgan fingerprint density at radius 1 is 1.26 bits per heavy atom. The van der Waals surface area contributed by atoms with Gasteiger partial charge >= 0.3 is 6.18 Å². The van der Waals surface area contributed by atoms with Crippen LogP contribution < -0.4 is 20.1 Å². The Morgan fingerprint density at radius 2 is 1.96 bits per heavy atom. The van der Waals surface area contributed by atoms with Gasteiger partial charge in [-0.05, 0) is 39.1 Å². The van der Waals surface area contributed by atoms with Crippen molar-refractivity contribution < 1.29 is 22.6 Å². The standard InChI is InChI=1S/C17H27F3N4O2.HI/c1-5-26-14-8-7-13(11-15(14)25-4)23-16(21-2)22-9-6-10-24(3)12-17(18,19)20;/h7-8,11H,5-6,9-10,12H2,1-4H3,(H2,21,22,23);1H. The van der Waals surface area contributed by atoms with Crippen molar-refractivity contribution in [2.45, 2.75) is 19.5 Å². The van der Waals surface area contributed by atoms with Gasteiger partial charge in [0.15, 0.2) is 17.5 Å². The van der Waals surface area contributed by atoms with Crippen LogP contribution in [-0.2, 0) is 0 Å². The third-order valence-corrected chi connectivity index (χ3v) is 3.41. The molecule has 10 heteroatoms. The Morgan fingerprint density at radius 3 is 2.52 bits per heavy atom. The summed E-state index contributed by atoms with van der Waals surface area (Å²) in [6, 6.07) is 5.41. The van der Waals surface area contributed by atoms with Crippen molar-refractivity contribution in [2.75, 3.05) is 52.8 Å². The van der Waals surface area contributed by atoms with Crippen molar-refractivity contribution in [2.24, 2.45) is 4.99 Å². The Kier molecular flexibility index (Phi) is 12.2. The van der Waals surface area contributed by atoms with Crippen molar-refractivity contribution >= 4 is 35.6 Å². The fourth-order valence-electron chi connectivity index (χ4n) is 2.28. The molecule has 0 aromatic heterocycles. The van der Waals surface area contributed by atoms with Crippen LogP contribution >= 0.6 is 24.0 Å². The van der Waals surface area contributed by atoms with Gasteiger partial charge in [-0.2, -0.15) is 13.2 Å². The topological polar surface area (TPSA) is 58.1 Å². The first-order valence-electron chi connectivity index (χ1n) is 8.32. The lowest BCUT2D eigenvalue weighted by atomic mass is 10.2. The maximum atomic E-state index is 12.3. The molecule has 156 valence electrons. The van der Waals surface area contributed by atoms with Crippen LogP contribution in [0.15, 0.2) is 23.2 Å². The van der Waals surface area contributed by atoms with E-state index in [1.165, 1.54) is 11.9 Å². The highest BCUT2D eigenvalue weighted by Gasteiger charge is 2.28. The maximum Gasteiger partial charge on any atom is 0.401 e. The number of alkyl halides is 3. The number of hydrogen-bond donors (Lipinski definition) is 2. The van der Waals surface area contributed by atoms with Crippen LogP contribution in [0.1, 0.15) is 13.3 Å². The van der Waals surface area contributed by atoms with E-state index in [0.29, 0.717) is 43.6 Å². The van der Waals surface area contributed by atoms with Gasteiger partial charge in [0, 0.05) is 25.3 Å². The quantitative estimate of drug-likeness (QED) is 0.233. The molecule has 0 radical (unpaired) electrons. The number of aliphatic imine (C=N–C) groups is 1. The molecule has 0 saturated heterocycles. The SMILES string of the molecule is CCOc1ccc(NC(=NC)NCCCN(C)CC(F)(F)F)cc1OC.I. The summed E-state index contributed by atoms with van der Waals surface area (Å²) >= 11 is 0. The minimum atomic E-state index is -4.17. The molecule has 0 spiro atoms. The van der Waals surface area contributed by atoms with Gasteiger partial charge in [0.25, 0.3) is 0 Å². The molecular formula is C17H28F3IN4O2. The molecule has 27 heavy (non-hydrogen) atoms. The number of halogens is 4. The van der Waals surface area contributed by atoms with Crippen molar-refractivity contribution in [3.8, 4) is 11.5 Å². The molecule has 0 unspecified atom stereocenters. The van der Waals surface area contributed by atoms with E-state index in [-0.39, 0.29) is 24.0 Å². The summed E-state index contributed by atoms with van der Waals surface area (Å²) in [4.78, 5) is 5.35. The molecule has 2 N–H and O–H groups in total. The molecule has 1 rings (SSSR count). The van der Waals surface area contributed by atoms with Gasteiger partial charge in [-0.25, -0.2) is 0 Å². The average molecular weight is 504 g/mol. The zero-order valence-corrected chi connectivity index (χ0v) is 18.4. The van der Waals surface area contributed by atoms with Gasteiger partial charge in [-0.1, -0.05) is 0 Å². The van der Waals surface area contributed by atoms with Crippen molar-refractivity contribution in [3.63, 3.8) is 0 Å². The second-order valence-electron chi connectivity index (χ2n) is 5.63. The van der Waals surface area contributed by atoms with Crippen LogP contribution in [0.3, 0.4) is 0 Å². The second-order valence-corrected chi connectivity index (χ2v) is 5.63. The molecule has 0 atom stereocenters. The van der Waals surface area contributed by atoms with Crippen molar-refractivity contribution in [1.82, 2.24) is 10.2 Å². The van der Waals surface area contributed by atoms with Crippen LogP contribution in [-0.4, -0.2) is 64.5 Å². The second kappa shape index (κ2) is 12.9. The molecule has 0 bridgehead atoms. The van der Waals surface area contributed by atoms with Gasteiger partial charge in [0.2, 0.25) is 0 Å². The minimum Gasteiger partial charge on any atom is -0.493 e. The van der Waals surface area contributed by atoms with E-state index in [1.807, 2.05) is 13.0 Å². The molecule has 6 nitrogen and oxygen atoms in total. The molecule has 1 aromatic rings. The average Bonchev–Trinajstić information content (AvgIpc) is 2.57. The molecule has 0 aliphatic heterocycles. The highest BCUT2D eigenvalue weighted by molar-refractivity contribution is 14.0.